The zero-order chi connectivity index (χ0) is 14.0. The molecule has 0 heterocycles. The average molecular weight is 291 g/mol. The number of halogens is 5. The molecule has 0 saturated heterocycles. The van der Waals surface area contributed by atoms with Gasteiger partial charge in [-0.25, -0.2) is 4.39 Å². The minimum Gasteiger partial charge on any atom is -0.456 e. The molecule has 0 bridgehead atoms. The standard InChI is InChI=1S/C13H7ClF4O/c14-11-6-8(13(16,17)18)4-5-12(11)19-10-3-1-2-9(15)7-10/h1-7H. The molecule has 2 rings (SSSR count). The molecule has 0 aromatic heterocycles. The van der Waals surface area contributed by atoms with Gasteiger partial charge in [-0.3, -0.25) is 0 Å². The molecule has 0 saturated carbocycles. The molecule has 2 aromatic carbocycles. The highest BCUT2D eigenvalue weighted by Crippen LogP contribution is 2.36. The van der Waals surface area contributed by atoms with Crippen LogP contribution < -0.4 is 4.74 Å². The largest absolute Gasteiger partial charge is 0.456 e. The van der Waals surface area contributed by atoms with E-state index in [1.807, 2.05) is 0 Å². The number of ether oxygens (including phenoxy) is 1. The Bertz CT molecular complexity index is 595. The van der Waals surface area contributed by atoms with Crippen molar-refractivity contribution in [3.05, 3.63) is 58.9 Å². The van der Waals surface area contributed by atoms with Gasteiger partial charge in [0.15, 0.2) is 0 Å². The highest BCUT2D eigenvalue weighted by Gasteiger charge is 2.31. The number of hydrogen-bond acceptors (Lipinski definition) is 1. The summed E-state index contributed by atoms with van der Waals surface area (Å²) in [7, 11) is 0. The molecule has 6 heteroatoms. The molecule has 0 N–H and O–H groups in total. The van der Waals surface area contributed by atoms with Crippen LogP contribution in [-0.2, 0) is 6.18 Å². The molecular weight excluding hydrogens is 284 g/mol. The lowest BCUT2D eigenvalue weighted by atomic mass is 10.2. The highest BCUT2D eigenvalue weighted by atomic mass is 35.5. The Morgan fingerprint density at radius 3 is 2.32 bits per heavy atom. The molecule has 1 nitrogen and oxygen atoms in total. The lowest BCUT2D eigenvalue weighted by Gasteiger charge is -2.11. The molecule has 0 aliphatic rings. The second-order valence-corrected chi connectivity index (χ2v) is 4.11. The second-order valence-electron chi connectivity index (χ2n) is 3.70. The van der Waals surface area contributed by atoms with E-state index in [2.05, 4.69) is 0 Å². The van der Waals surface area contributed by atoms with Crippen molar-refractivity contribution < 1.29 is 22.3 Å². The average Bonchev–Trinajstić information content (AvgIpc) is 2.30. The molecule has 0 fully saturated rings. The van der Waals surface area contributed by atoms with Gasteiger partial charge < -0.3 is 4.74 Å². The van der Waals surface area contributed by atoms with E-state index in [0.29, 0.717) is 0 Å². The normalized spacial score (nSPS) is 11.4. The summed E-state index contributed by atoms with van der Waals surface area (Å²) in [6.45, 7) is 0. The Labute approximate surface area is 111 Å². The van der Waals surface area contributed by atoms with Crippen molar-refractivity contribution in [2.24, 2.45) is 0 Å². The van der Waals surface area contributed by atoms with Crippen LogP contribution in [0.5, 0.6) is 11.5 Å². The van der Waals surface area contributed by atoms with Crippen LogP contribution >= 0.6 is 11.6 Å². The monoisotopic (exact) mass is 290 g/mol. The SMILES string of the molecule is Fc1cccc(Oc2ccc(C(F)(F)F)cc2Cl)c1. The van der Waals surface area contributed by atoms with Crippen molar-refractivity contribution in [1.82, 2.24) is 0 Å². The molecule has 0 amide bonds. The predicted molar refractivity (Wildman–Crippen MR) is 62.9 cm³/mol. The van der Waals surface area contributed by atoms with Crippen LogP contribution in [0, 0.1) is 5.82 Å². The maximum atomic E-state index is 12.9. The fourth-order valence-corrected chi connectivity index (χ4v) is 1.64. The van der Waals surface area contributed by atoms with Gasteiger partial charge in [-0.1, -0.05) is 17.7 Å². The van der Waals surface area contributed by atoms with Crippen molar-refractivity contribution in [3.63, 3.8) is 0 Å². The summed E-state index contributed by atoms with van der Waals surface area (Å²) in [6, 6.07) is 7.92. The predicted octanol–water partition coefficient (Wildman–Crippen LogP) is 5.29. The fraction of sp³-hybridized carbons (Fsp3) is 0.0769. The van der Waals surface area contributed by atoms with E-state index in [0.717, 1.165) is 24.3 Å². The van der Waals surface area contributed by atoms with Crippen molar-refractivity contribution >= 4 is 11.6 Å². The first kappa shape index (κ1) is 13.7. The van der Waals surface area contributed by atoms with Gasteiger partial charge in [0, 0.05) is 6.07 Å². The first-order chi connectivity index (χ1) is 8.86. The highest BCUT2D eigenvalue weighted by molar-refractivity contribution is 6.32. The quantitative estimate of drug-likeness (QED) is 0.683. The summed E-state index contributed by atoms with van der Waals surface area (Å²) >= 11 is 5.71. The number of rotatable bonds is 2. The molecule has 0 atom stereocenters. The van der Waals surface area contributed by atoms with E-state index in [1.165, 1.54) is 18.2 Å². The lowest BCUT2D eigenvalue weighted by Crippen LogP contribution is -2.04. The molecule has 2 aromatic rings. The number of benzene rings is 2. The van der Waals surface area contributed by atoms with Crippen LogP contribution in [-0.4, -0.2) is 0 Å². The summed E-state index contributed by atoms with van der Waals surface area (Å²) in [6.07, 6.45) is -4.47. The van der Waals surface area contributed by atoms with Gasteiger partial charge >= 0.3 is 6.18 Å². The van der Waals surface area contributed by atoms with E-state index in [4.69, 9.17) is 16.3 Å². The third kappa shape index (κ3) is 3.38. The zero-order valence-electron chi connectivity index (χ0n) is 9.34. The summed E-state index contributed by atoms with van der Waals surface area (Å²) in [5.74, 6) is -0.331. The van der Waals surface area contributed by atoms with Gasteiger partial charge in [0.05, 0.1) is 10.6 Å². The van der Waals surface area contributed by atoms with Crippen LogP contribution in [0.1, 0.15) is 5.56 Å². The van der Waals surface area contributed by atoms with Crippen molar-refractivity contribution in [2.75, 3.05) is 0 Å². The zero-order valence-corrected chi connectivity index (χ0v) is 10.1. The molecule has 0 aliphatic heterocycles. The first-order valence-corrected chi connectivity index (χ1v) is 5.54. The molecule has 19 heavy (non-hydrogen) atoms. The maximum absolute atomic E-state index is 12.9. The third-order valence-corrected chi connectivity index (χ3v) is 2.58. The first-order valence-electron chi connectivity index (χ1n) is 5.16. The van der Waals surface area contributed by atoms with Crippen molar-refractivity contribution in [2.45, 2.75) is 6.18 Å². The minimum atomic E-state index is -4.47. The van der Waals surface area contributed by atoms with Gasteiger partial charge in [-0.05, 0) is 30.3 Å². The van der Waals surface area contributed by atoms with Gasteiger partial charge in [0.1, 0.15) is 17.3 Å². The van der Waals surface area contributed by atoms with E-state index in [1.54, 1.807) is 0 Å². The smallest absolute Gasteiger partial charge is 0.416 e. The van der Waals surface area contributed by atoms with Crippen molar-refractivity contribution in [3.8, 4) is 11.5 Å². The van der Waals surface area contributed by atoms with Gasteiger partial charge in [0.2, 0.25) is 0 Å². The summed E-state index contributed by atoms with van der Waals surface area (Å²) < 4.78 is 55.4. The fourth-order valence-electron chi connectivity index (χ4n) is 1.42. The van der Waals surface area contributed by atoms with Crippen molar-refractivity contribution in [1.29, 1.82) is 0 Å². The second kappa shape index (κ2) is 5.09. The van der Waals surface area contributed by atoms with E-state index in [-0.39, 0.29) is 16.5 Å². The molecule has 0 spiro atoms. The third-order valence-electron chi connectivity index (χ3n) is 2.28. The maximum Gasteiger partial charge on any atom is 0.416 e. The molecular formula is C13H7ClF4O. The number of hydrogen-bond donors (Lipinski definition) is 0. The Morgan fingerprint density at radius 2 is 1.74 bits per heavy atom. The lowest BCUT2D eigenvalue weighted by molar-refractivity contribution is -0.137. The van der Waals surface area contributed by atoms with Crippen LogP contribution in [0.4, 0.5) is 17.6 Å². The summed E-state index contributed by atoms with van der Waals surface area (Å²) in [5, 5.41) is -0.195. The topological polar surface area (TPSA) is 9.23 Å². The minimum absolute atomic E-state index is 0.0280. The summed E-state index contributed by atoms with van der Waals surface area (Å²) in [4.78, 5) is 0. The van der Waals surface area contributed by atoms with Crippen LogP contribution in [0.3, 0.4) is 0 Å². The number of alkyl halides is 3. The van der Waals surface area contributed by atoms with Gasteiger partial charge in [0.25, 0.3) is 0 Å². The molecule has 100 valence electrons. The molecule has 0 aliphatic carbocycles. The molecule has 0 unspecified atom stereocenters. The Kier molecular flexibility index (Phi) is 3.66. The van der Waals surface area contributed by atoms with Gasteiger partial charge in [-0.2, -0.15) is 13.2 Å². The van der Waals surface area contributed by atoms with E-state index >= 15 is 0 Å². The van der Waals surface area contributed by atoms with Crippen LogP contribution in [0.15, 0.2) is 42.5 Å². The summed E-state index contributed by atoms with van der Waals surface area (Å²) in [5.41, 5.74) is -0.871. The van der Waals surface area contributed by atoms with Crippen LogP contribution in [0.2, 0.25) is 5.02 Å². The Balaban J connectivity index is 2.27. The van der Waals surface area contributed by atoms with E-state index in [9.17, 15) is 17.6 Å². The van der Waals surface area contributed by atoms with E-state index < -0.39 is 17.6 Å². The van der Waals surface area contributed by atoms with Gasteiger partial charge in [-0.15, -0.1) is 0 Å². The Hall–Kier alpha value is -1.75. The van der Waals surface area contributed by atoms with Crippen LogP contribution in [0.25, 0.3) is 0 Å². The molecule has 0 radical (unpaired) electrons. The Morgan fingerprint density at radius 1 is 1.00 bits per heavy atom.